The fourth-order valence-corrected chi connectivity index (χ4v) is 4.06. The minimum absolute atomic E-state index is 0.0844. The Labute approximate surface area is 158 Å². The highest BCUT2D eigenvalue weighted by molar-refractivity contribution is 7.07. The third kappa shape index (κ3) is 5.16. The molecule has 1 aliphatic rings. The zero-order chi connectivity index (χ0) is 18.4. The van der Waals surface area contributed by atoms with Crippen LogP contribution in [0.25, 0.3) is 0 Å². The summed E-state index contributed by atoms with van der Waals surface area (Å²) in [5.74, 6) is -0.189. The number of hydrogen-bond acceptors (Lipinski definition) is 3. The number of likely N-dealkylation sites (N-methyl/N-ethyl adjacent to an activating group) is 1. The third-order valence-electron chi connectivity index (χ3n) is 4.68. The minimum atomic E-state index is -0.105. The van der Waals surface area contributed by atoms with Crippen LogP contribution in [0.3, 0.4) is 0 Å². The van der Waals surface area contributed by atoms with Gasteiger partial charge in [-0.05, 0) is 41.8 Å². The predicted molar refractivity (Wildman–Crippen MR) is 105 cm³/mol. The molecular weight excluding hydrogens is 346 g/mol. The highest BCUT2D eigenvalue weighted by atomic mass is 32.1. The van der Waals surface area contributed by atoms with Crippen LogP contribution < -0.4 is 15.5 Å². The van der Waals surface area contributed by atoms with E-state index in [0.717, 1.165) is 24.3 Å². The Morgan fingerprint density at radius 1 is 1.19 bits per heavy atom. The molecule has 1 atom stereocenters. The van der Waals surface area contributed by atoms with E-state index in [1.54, 1.807) is 23.5 Å². The van der Waals surface area contributed by atoms with Gasteiger partial charge in [0.25, 0.3) is 11.8 Å². The van der Waals surface area contributed by atoms with E-state index in [9.17, 15) is 9.59 Å². The topological polar surface area (TPSA) is 62.6 Å². The van der Waals surface area contributed by atoms with E-state index in [1.807, 2.05) is 24.6 Å². The quantitative estimate of drug-likeness (QED) is 0.697. The number of quaternary nitrogens is 1. The minimum Gasteiger partial charge on any atom is -0.349 e. The molecule has 1 fully saturated rings. The molecule has 5 nitrogen and oxygen atoms in total. The van der Waals surface area contributed by atoms with Gasteiger partial charge in [-0.3, -0.25) is 9.59 Å². The maximum Gasteiger partial charge on any atom is 0.279 e. The second-order valence-corrected chi connectivity index (χ2v) is 7.77. The molecule has 26 heavy (non-hydrogen) atoms. The lowest BCUT2D eigenvalue weighted by Crippen LogP contribution is -3.08. The lowest BCUT2D eigenvalue weighted by atomic mass is 10.1. The van der Waals surface area contributed by atoms with Gasteiger partial charge in [0.05, 0.1) is 18.3 Å². The Hall–Kier alpha value is -2.18. The van der Waals surface area contributed by atoms with Crippen molar-refractivity contribution in [2.45, 2.75) is 38.3 Å². The summed E-state index contributed by atoms with van der Waals surface area (Å²) in [6.45, 7) is 1.16. The van der Waals surface area contributed by atoms with Gasteiger partial charge >= 0.3 is 0 Å². The molecule has 2 amide bonds. The summed E-state index contributed by atoms with van der Waals surface area (Å²) in [5, 5.41) is 10.1. The van der Waals surface area contributed by atoms with Gasteiger partial charge in [-0.15, -0.1) is 0 Å². The van der Waals surface area contributed by atoms with Crippen molar-refractivity contribution in [2.75, 3.05) is 18.9 Å². The second kappa shape index (κ2) is 8.96. The van der Waals surface area contributed by atoms with Gasteiger partial charge in [0.15, 0.2) is 6.54 Å². The van der Waals surface area contributed by atoms with E-state index in [1.165, 1.54) is 18.4 Å². The molecule has 1 aliphatic carbocycles. The number of para-hydroxylation sites is 1. The Morgan fingerprint density at radius 2 is 1.96 bits per heavy atom. The molecule has 1 saturated carbocycles. The standard InChI is InChI=1S/C20H25N3O2S/c1-23(12-15-10-11-26-14-15)13-19(24)22-18-9-5-4-8-17(18)20(25)21-16-6-2-3-7-16/h4-5,8-11,14,16H,2-3,6-7,12-13H2,1H3,(H,21,25)(H,22,24)/p+1. The molecule has 3 rings (SSSR count). The smallest absolute Gasteiger partial charge is 0.279 e. The van der Waals surface area contributed by atoms with Crippen molar-refractivity contribution in [2.24, 2.45) is 0 Å². The molecule has 0 bridgehead atoms. The maximum absolute atomic E-state index is 12.6. The SMILES string of the molecule is C[NH+](CC(=O)Nc1ccccc1C(=O)NC1CCCC1)Cc1ccsc1. The fourth-order valence-electron chi connectivity index (χ4n) is 3.40. The number of amides is 2. The largest absolute Gasteiger partial charge is 0.349 e. The van der Waals surface area contributed by atoms with Crippen LogP contribution in [-0.2, 0) is 11.3 Å². The van der Waals surface area contributed by atoms with Crippen LogP contribution in [0.5, 0.6) is 0 Å². The molecule has 3 N–H and O–H groups in total. The van der Waals surface area contributed by atoms with Gasteiger partial charge in [-0.2, -0.15) is 11.3 Å². The number of nitrogens with one attached hydrogen (secondary N) is 3. The molecule has 138 valence electrons. The van der Waals surface area contributed by atoms with Crippen molar-refractivity contribution in [3.63, 3.8) is 0 Å². The first-order valence-corrected chi connectivity index (χ1v) is 10.1. The van der Waals surface area contributed by atoms with Gasteiger partial charge in [0.1, 0.15) is 6.54 Å². The summed E-state index contributed by atoms with van der Waals surface area (Å²) in [7, 11) is 2.00. The highest BCUT2D eigenvalue weighted by Gasteiger charge is 2.20. The summed E-state index contributed by atoms with van der Waals surface area (Å²) in [4.78, 5) is 26.1. The van der Waals surface area contributed by atoms with E-state index < -0.39 is 0 Å². The van der Waals surface area contributed by atoms with Gasteiger partial charge in [0, 0.05) is 11.6 Å². The summed E-state index contributed by atoms with van der Waals surface area (Å²) in [5.41, 5.74) is 2.34. The fraction of sp³-hybridized carbons (Fsp3) is 0.400. The molecular formula is C20H26N3O2S+. The molecule has 6 heteroatoms. The van der Waals surface area contributed by atoms with Crippen LogP contribution in [0, 0.1) is 0 Å². The van der Waals surface area contributed by atoms with Gasteiger partial charge < -0.3 is 15.5 Å². The van der Waals surface area contributed by atoms with Crippen LogP contribution in [-0.4, -0.2) is 31.4 Å². The van der Waals surface area contributed by atoms with Crippen LogP contribution in [0.1, 0.15) is 41.6 Å². The van der Waals surface area contributed by atoms with E-state index >= 15 is 0 Å². The van der Waals surface area contributed by atoms with Crippen molar-refractivity contribution in [1.82, 2.24) is 5.32 Å². The zero-order valence-corrected chi connectivity index (χ0v) is 15.9. The van der Waals surface area contributed by atoms with Crippen LogP contribution >= 0.6 is 11.3 Å². The van der Waals surface area contributed by atoms with Crippen LogP contribution in [0.4, 0.5) is 5.69 Å². The Balaban J connectivity index is 1.58. The number of benzene rings is 1. The third-order valence-corrected chi connectivity index (χ3v) is 5.42. The molecule has 1 heterocycles. The maximum atomic E-state index is 12.6. The highest BCUT2D eigenvalue weighted by Crippen LogP contribution is 2.20. The summed E-state index contributed by atoms with van der Waals surface area (Å²) < 4.78 is 0. The summed E-state index contributed by atoms with van der Waals surface area (Å²) >= 11 is 1.66. The zero-order valence-electron chi connectivity index (χ0n) is 15.1. The molecule has 1 unspecified atom stereocenters. The Kier molecular flexibility index (Phi) is 6.41. The average Bonchev–Trinajstić information content (AvgIpc) is 3.29. The molecule has 1 aromatic carbocycles. The lowest BCUT2D eigenvalue weighted by molar-refractivity contribution is -0.885. The number of thiophene rings is 1. The van der Waals surface area contributed by atoms with E-state index in [2.05, 4.69) is 22.1 Å². The first-order valence-electron chi connectivity index (χ1n) is 9.14. The van der Waals surface area contributed by atoms with Gasteiger partial charge in [-0.25, -0.2) is 0 Å². The van der Waals surface area contributed by atoms with Crippen molar-refractivity contribution in [3.8, 4) is 0 Å². The molecule has 0 radical (unpaired) electrons. The lowest BCUT2D eigenvalue weighted by Gasteiger charge is -2.16. The molecule has 0 saturated heterocycles. The van der Waals surface area contributed by atoms with Crippen molar-refractivity contribution >= 4 is 28.8 Å². The van der Waals surface area contributed by atoms with Crippen molar-refractivity contribution in [1.29, 1.82) is 0 Å². The number of carbonyl (C=O) groups excluding carboxylic acids is 2. The van der Waals surface area contributed by atoms with Crippen LogP contribution in [0.2, 0.25) is 0 Å². The second-order valence-electron chi connectivity index (χ2n) is 6.99. The Bertz CT molecular complexity index is 739. The van der Waals surface area contributed by atoms with Crippen molar-refractivity contribution in [3.05, 3.63) is 52.2 Å². The normalized spacial score (nSPS) is 15.6. The first kappa shape index (κ1) is 18.6. The van der Waals surface area contributed by atoms with E-state index in [0.29, 0.717) is 17.8 Å². The van der Waals surface area contributed by atoms with Gasteiger partial charge in [-0.1, -0.05) is 25.0 Å². The summed E-state index contributed by atoms with van der Waals surface area (Å²) in [6, 6.07) is 9.55. The number of carbonyl (C=O) groups is 2. The van der Waals surface area contributed by atoms with Crippen LogP contribution in [0.15, 0.2) is 41.1 Å². The Morgan fingerprint density at radius 3 is 2.69 bits per heavy atom. The van der Waals surface area contributed by atoms with E-state index in [4.69, 9.17) is 0 Å². The van der Waals surface area contributed by atoms with Crippen molar-refractivity contribution < 1.29 is 14.5 Å². The molecule has 0 spiro atoms. The number of anilines is 1. The van der Waals surface area contributed by atoms with E-state index in [-0.39, 0.29) is 17.9 Å². The summed E-state index contributed by atoms with van der Waals surface area (Å²) in [6.07, 6.45) is 4.42. The average molecular weight is 373 g/mol. The monoisotopic (exact) mass is 372 g/mol. The molecule has 0 aliphatic heterocycles. The first-order chi connectivity index (χ1) is 12.6. The predicted octanol–water partition coefficient (Wildman–Crippen LogP) is 2.07. The number of hydrogen-bond donors (Lipinski definition) is 3. The van der Waals surface area contributed by atoms with Gasteiger partial charge in [0.2, 0.25) is 0 Å². The molecule has 1 aromatic heterocycles. The number of rotatable bonds is 7. The molecule has 2 aromatic rings.